The van der Waals surface area contributed by atoms with Crippen molar-refractivity contribution >= 4 is 12.4 Å². The maximum atomic E-state index is 8.58. The molecule has 1 aliphatic rings. The van der Waals surface area contributed by atoms with Crippen molar-refractivity contribution < 1.29 is 0 Å². The van der Waals surface area contributed by atoms with Crippen LogP contribution in [0, 0.1) is 23.2 Å². The van der Waals surface area contributed by atoms with Crippen molar-refractivity contribution in [1.29, 1.82) is 5.26 Å². The van der Waals surface area contributed by atoms with Crippen LogP contribution in [0.5, 0.6) is 0 Å². The number of nitrogens with two attached hydrogens (primary N) is 1. The Hall–Kier alpha value is -0.260. The van der Waals surface area contributed by atoms with Gasteiger partial charge in [0.15, 0.2) is 0 Å². The maximum Gasteiger partial charge on any atom is 0.0956 e. The first-order valence-corrected chi connectivity index (χ1v) is 4.39. The molecule has 0 heterocycles. The lowest BCUT2D eigenvalue weighted by molar-refractivity contribution is 0.275. The number of hydrogen-bond donors (Lipinski definition) is 1. The average molecular weight is 189 g/mol. The molecule has 0 aromatic carbocycles. The number of nitrogens with zero attached hydrogens (tertiary/aromatic N) is 1. The Kier molecular flexibility index (Phi) is 5.28. The highest BCUT2D eigenvalue weighted by Gasteiger charge is 2.22. The summed E-state index contributed by atoms with van der Waals surface area (Å²) in [7, 11) is 0. The summed E-state index contributed by atoms with van der Waals surface area (Å²) in [6, 6.07) is 1.91. The molecule has 1 atom stereocenters. The van der Waals surface area contributed by atoms with Gasteiger partial charge < -0.3 is 5.73 Å². The van der Waals surface area contributed by atoms with Crippen LogP contribution in [0.25, 0.3) is 0 Å². The van der Waals surface area contributed by atoms with Crippen LogP contribution < -0.4 is 5.73 Å². The van der Waals surface area contributed by atoms with Gasteiger partial charge in [0.1, 0.15) is 0 Å². The zero-order valence-corrected chi connectivity index (χ0v) is 8.31. The van der Waals surface area contributed by atoms with E-state index in [9.17, 15) is 0 Å². The van der Waals surface area contributed by atoms with Crippen molar-refractivity contribution in [3.8, 4) is 6.07 Å². The van der Waals surface area contributed by atoms with Gasteiger partial charge in [0.2, 0.25) is 0 Å². The van der Waals surface area contributed by atoms with E-state index in [2.05, 4.69) is 13.0 Å². The summed E-state index contributed by atoms with van der Waals surface area (Å²) >= 11 is 0. The van der Waals surface area contributed by atoms with Crippen LogP contribution in [0.15, 0.2) is 0 Å². The fourth-order valence-corrected chi connectivity index (χ4v) is 1.75. The third kappa shape index (κ3) is 3.00. The molecule has 0 saturated heterocycles. The van der Waals surface area contributed by atoms with E-state index >= 15 is 0 Å². The molecule has 0 spiro atoms. The van der Waals surface area contributed by atoms with Gasteiger partial charge in [-0.05, 0) is 24.7 Å². The van der Waals surface area contributed by atoms with E-state index in [1.54, 1.807) is 0 Å². The highest BCUT2D eigenvalue weighted by Crippen LogP contribution is 2.29. The Labute approximate surface area is 80.5 Å². The fraction of sp³-hybridized carbons (Fsp3) is 0.889. The molecular weight excluding hydrogens is 172 g/mol. The van der Waals surface area contributed by atoms with Crippen molar-refractivity contribution in [3.05, 3.63) is 0 Å². The van der Waals surface area contributed by atoms with Crippen LogP contribution in [-0.2, 0) is 0 Å². The van der Waals surface area contributed by atoms with E-state index in [1.807, 2.05) is 0 Å². The normalized spacial score (nSPS) is 31.4. The van der Waals surface area contributed by atoms with E-state index < -0.39 is 0 Å². The minimum Gasteiger partial charge on any atom is -0.316 e. The molecule has 1 rings (SSSR count). The minimum atomic E-state index is -0.220. The summed E-state index contributed by atoms with van der Waals surface area (Å²) in [5, 5.41) is 8.58. The minimum absolute atomic E-state index is 0. The average Bonchev–Trinajstić information content (AvgIpc) is 2.05. The van der Waals surface area contributed by atoms with Gasteiger partial charge in [-0.3, -0.25) is 0 Å². The molecule has 2 nitrogen and oxygen atoms in total. The van der Waals surface area contributed by atoms with Gasteiger partial charge in [-0.1, -0.05) is 19.8 Å². The van der Waals surface area contributed by atoms with E-state index in [0.717, 1.165) is 18.8 Å². The van der Waals surface area contributed by atoms with Gasteiger partial charge in [-0.2, -0.15) is 5.26 Å². The molecule has 0 radical (unpaired) electrons. The SMILES string of the molecule is CC1CCC([C@H](N)C#N)CC1.Cl. The van der Waals surface area contributed by atoms with Gasteiger partial charge in [0.05, 0.1) is 12.1 Å². The molecule has 0 aliphatic heterocycles. The summed E-state index contributed by atoms with van der Waals surface area (Å²) in [5.41, 5.74) is 5.63. The first-order chi connectivity index (χ1) is 5.24. The summed E-state index contributed by atoms with van der Waals surface area (Å²) < 4.78 is 0. The summed E-state index contributed by atoms with van der Waals surface area (Å²) in [4.78, 5) is 0. The lowest BCUT2D eigenvalue weighted by Crippen LogP contribution is -2.31. The van der Waals surface area contributed by atoms with E-state index in [0.29, 0.717) is 5.92 Å². The molecule has 2 N–H and O–H groups in total. The van der Waals surface area contributed by atoms with Gasteiger partial charge in [-0.15, -0.1) is 12.4 Å². The summed E-state index contributed by atoms with van der Waals surface area (Å²) in [6.45, 7) is 2.27. The first kappa shape index (κ1) is 11.7. The Bertz CT molecular complexity index is 156. The largest absolute Gasteiger partial charge is 0.316 e. The van der Waals surface area contributed by atoms with Crippen molar-refractivity contribution in [3.63, 3.8) is 0 Å². The van der Waals surface area contributed by atoms with Gasteiger partial charge in [0, 0.05) is 0 Å². The molecule has 1 saturated carbocycles. The van der Waals surface area contributed by atoms with E-state index in [1.165, 1.54) is 12.8 Å². The van der Waals surface area contributed by atoms with Crippen molar-refractivity contribution in [2.24, 2.45) is 17.6 Å². The quantitative estimate of drug-likeness (QED) is 0.685. The predicted molar refractivity (Wildman–Crippen MR) is 52.0 cm³/mol. The van der Waals surface area contributed by atoms with Crippen LogP contribution in [-0.4, -0.2) is 6.04 Å². The lowest BCUT2D eigenvalue weighted by Gasteiger charge is -2.27. The molecule has 0 aromatic rings. The smallest absolute Gasteiger partial charge is 0.0956 e. The topological polar surface area (TPSA) is 49.8 Å². The number of halogens is 1. The molecule has 0 aromatic heterocycles. The molecule has 3 heteroatoms. The molecule has 1 fully saturated rings. The molecule has 1 aliphatic carbocycles. The monoisotopic (exact) mass is 188 g/mol. The first-order valence-electron chi connectivity index (χ1n) is 4.39. The molecule has 70 valence electrons. The number of nitriles is 1. The molecule has 0 amide bonds. The zero-order chi connectivity index (χ0) is 8.27. The lowest BCUT2D eigenvalue weighted by atomic mass is 9.80. The van der Waals surface area contributed by atoms with Crippen LogP contribution in [0.2, 0.25) is 0 Å². The zero-order valence-electron chi connectivity index (χ0n) is 7.49. The van der Waals surface area contributed by atoms with Gasteiger partial charge >= 0.3 is 0 Å². The van der Waals surface area contributed by atoms with E-state index in [-0.39, 0.29) is 18.4 Å². The highest BCUT2D eigenvalue weighted by atomic mass is 35.5. The maximum absolute atomic E-state index is 8.58. The third-order valence-corrected chi connectivity index (χ3v) is 2.72. The molecule has 0 bridgehead atoms. The Balaban J connectivity index is 0.00000121. The second-order valence-corrected chi connectivity index (χ2v) is 3.67. The second kappa shape index (κ2) is 5.40. The number of hydrogen-bond acceptors (Lipinski definition) is 2. The molecule has 0 unspecified atom stereocenters. The Morgan fingerprint density at radius 1 is 1.33 bits per heavy atom. The van der Waals surface area contributed by atoms with Crippen molar-refractivity contribution in [2.45, 2.75) is 38.6 Å². The van der Waals surface area contributed by atoms with Crippen LogP contribution in [0.1, 0.15) is 32.6 Å². The summed E-state index contributed by atoms with van der Waals surface area (Å²) in [6.07, 6.45) is 4.80. The van der Waals surface area contributed by atoms with Gasteiger partial charge in [0.25, 0.3) is 0 Å². The Morgan fingerprint density at radius 3 is 2.25 bits per heavy atom. The van der Waals surface area contributed by atoms with E-state index in [4.69, 9.17) is 11.0 Å². The van der Waals surface area contributed by atoms with Gasteiger partial charge in [-0.25, -0.2) is 0 Å². The van der Waals surface area contributed by atoms with Crippen LogP contribution in [0.4, 0.5) is 0 Å². The standard InChI is InChI=1S/C9H16N2.ClH/c1-7-2-4-8(5-3-7)9(11)6-10;/h7-9H,2-5,11H2,1H3;1H/t7?,8?,9-;/m1./s1. The van der Waals surface area contributed by atoms with Crippen molar-refractivity contribution in [1.82, 2.24) is 0 Å². The third-order valence-electron chi connectivity index (χ3n) is 2.72. The Morgan fingerprint density at radius 2 is 1.83 bits per heavy atom. The predicted octanol–water partition coefficient (Wildman–Crippen LogP) is 2.09. The summed E-state index contributed by atoms with van der Waals surface area (Å²) in [5.74, 6) is 1.31. The van der Waals surface area contributed by atoms with Crippen LogP contribution >= 0.6 is 12.4 Å². The number of rotatable bonds is 1. The fourth-order valence-electron chi connectivity index (χ4n) is 1.75. The molecular formula is C9H17ClN2. The highest BCUT2D eigenvalue weighted by molar-refractivity contribution is 5.85. The van der Waals surface area contributed by atoms with Crippen molar-refractivity contribution in [2.75, 3.05) is 0 Å². The molecule has 12 heavy (non-hydrogen) atoms. The van der Waals surface area contributed by atoms with Crippen LogP contribution in [0.3, 0.4) is 0 Å². The second-order valence-electron chi connectivity index (χ2n) is 3.67.